The van der Waals surface area contributed by atoms with Gasteiger partial charge in [0.25, 0.3) is 0 Å². The maximum Gasteiger partial charge on any atom is 0.127 e. The fraction of sp³-hybridized carbons (Fsp3) is 0.923. The first-order valence-corrected chi connectivity index (χ1v) is 6.43. The minimum atomic E-state index is 0.0249. The van der Waals surface area contributed by atoms with Gasteiger partial charge in [0.05, 0.1) is 0 Å². The predicted molar refractivity (Wildman–Crippen MR) is 61.8 cm³/mol. The van der Waals surface area contributed by atoms with Crippen molar-refractivity contribution < 1.29 is 4.79 Å². The molecule has 0 radical (unpaired) electrons. The Morgan fingerprint density at radius 1 is 1.33 bits per heavy atom. The van der Waals surface area contributed by atoms with Crippen molar-refractivity contribution in [3.8, 4) is 0 Å². The Bertz CT molecular complexity index is 221. The molecule has 1 saturated heterocycles. The molecule has 0 bridgehead atoms. The van der Waals surface area contributed by atoms with E-state index in [0.717, 1.165) is 25.3 Å². The fourth-order valence-corrected chi connectivity index (χ4v) is 3.27. The van der Waals surface area contributed by atoms with Gasteiger partial charge < -0.3 is 9.69 Å². The van der Waals surface area contributed by atoms with Crippen molar-refractivity contribution in [2.75, 3.05) is 19.6 Å². The molecule has 1 aliphatic carbocycles. The Hall–Kier alpha value is -0.370. The van der Waals surface area contributed by atoms with E-state index >= 15 is 0 Å². The van der Waals surface area contributed by atoms with Crippen molar-refractivity contribution in [3.05, 3.63) is 0 Å². The van der Waals surface area contributed by atoms with E-state index in [1.807, 2.05) is 0 Å². The van der Waals surface area contributed by atoms with Crippen LogP contribution in [0.4, 0.5) is 0 Å². The van der Waals surface area contributed by atoms with Crippen LogP contribution in [-0.2, 0) is 4.79 Å². The van der Waals surface area contributed by atoms with Crippen LogP contribution in [0.5, 0.6) is 0 Å². The van der Waals surface area contributed by atoms with Crippen LogP contribution in [0.25, 0.3) is 0 Å². The molecule has 0 spiro atoms. The third-order valence-electron chi connectivity index (χ3n) is 4.13. The van der Waals surface area contributed by atoms with E-state index < -0.39 is 0 Å². The average molecular weight is 209 g/mol. The second-order valence-corrected chi connectivity index (χ2v) is 5.67. The van der Waals surface area contributed by atoms with Crippen molar-refractivity contribution in [3.63, 3.8) is 0 Å². The molecule has 0 N–H and O–H groups in total. The Morgan fingerprint density at radius 2 is 2.07 bits per heavy atom. The highest BCUT2D eigenvalue weighted by Crippen LogP contribution is 2.37. The molecule has 2 fully saturated rings. The summed E-state index contributed by atoms with van der Waals surface area (Å²) in [6.45, 7) is 5.77. The molecule has 0 aromatic heterocycles. The molecule has 2 rings (SSSR count). The summed E-state index contributed by atoms with van der Waals surface area (Å²) in [5.74, 6) is 0.823. The van der Waals surface area contributed by atoms with Crippen LogP contribution in [0.1, 0.15) is 45.4 Å². The summed E-state index contributed by atoms with van der Waals surface area (Å²) < 4.78 is 0. The van der Waals surface area contributed by atoms with E-state index in [0.29, 0.717) is 0 Å². The van der Waals surface area contributed by atoms with Gasteiger partial charge in [0.1, 0.15) is 6.29 Å². The molecule has 2 aliphatic rings. The summed E-state index contributed by atoms with van der Waals surface area (Å²) in [5.41, 5.74) is 0.0249. The Balaban J connectivity index is 1.91. The Kier molecular flexibility index (Phi) is 3.45. The molecule has 2 nitrogen and oxygen atoms in total. The van der Waals surface area contributed by atoms with Crippen LogP contribution in [0.15, 0.2) is 0 Å². The van der Waals surface area contributed by atoms with Gasteiger partial charge in [-0.1, -0.05) is 19.8 Å². The van der Waals surface area contributed by atoms with Crippen molar-refractivity contribution in [2.45, 2.75) is 45.4 Å². The first-order valence-electron chi connectivity index (χ1n) is 6.43. The number of carbonyl (C=O) groups is 1. The quantitative estimate of drug-likeness (QED) is 0.666. The normalized spacial score (nSPS) is 31.7. The molecule has 86 valence electrons. The molecule has 2 heteroatoms. The number of nitrogens with zero attached hydrogens (tertiary/aromatic N) is 1. The third-order valence-corrected chi connectivity index (χ3v) is 4.13. The van der Waals surface area contributed by atoms with E-state index in [1.54, 1.807) is 0 Å². The van der Waals surface area contributed by atoms with Crippen molar-refractivity contribution in [1.82, 2.24) is 4.90 Å². The lowest BCUT2D eigenvalue weighted by Crippen LogP contribution is -2.42. The maximum atomic E-state index is 11.3. The second-order valence-electron chi connectivity index (χ2n) is 5.67. The molecular weight excluding hydrogens is 186 g/mol. The van der Waals surface area contributed by atoms with Gasteiger partial charge in [0, 0.05) is 18.5 Å². The van der Waals surface area contributed by atoms with E-state index in [-0.39, 0.29) is 5.41 Å². The van der Waals surface area contributed by atoms with Gasteiger partial charge in [-0.3, -0.25) is 0 Å². The highest BCUT2D eigenvalue weighted by molar-refractivity contribution is 5.60. The van der Waals surface area contributed by atoms with Crippen molar-refractivity contribution >= 4 is 6.29 Å². The minimum Gasteiger partial charge on any atom is -0.303 e. The number of hydrogen-bond acceptors (Lipinski definition) is 2. The van der Waals surface area contributed by atoms with Crippen LogP contribution >= 0.6 is 0 Å². The Labute approximate surface area is 93.0 Å². The first-order chi connectivity index (χ1) is 7.24. The SMILES string of the molecule is CC1CCCN(CC2(C=O)CCCC2)C1. The highest BCUT2D eigenvalue weighted by Gasteiger charge is 2.35. The van der Waals surface area contributed by atoms with Gasteiger partial charge in [-0.05, 0) is 38.1 Å². The third kappa shape index (κ3) is 2.60. The standard InChI is InChI=1S/C13H23NO/c1-12-5-4-8-14(9-12)10-13(11-15)6-2-3-7-13/h11-12H,2-10H2,1H3. The largest absolute Gasteiger partial charge is 0.303 e. The summed E-state index contributed by atoms with van der Waals surface area (Å²) in [6, 6.07) is 0. The van der Waals surface area contributed by atoms with Gasteiger partial charge in [-0.25, -0.2) is 0 Å². The smallest absolute Gasteiger partial charge is 0.127 e. The van der Waals surface area contributed by atoms with Crippen LogP contribution in [0, 0.1) is 11.3 Å². The molecular formula is C13H23NO. The van der Waals surface area contributed by atoms with E-state index in [2.05, 4.69) is 11.8 Å². The maximum absolute atomic E-state index is 11.3. The van der Waals surface area contributed by atoms with Crippen LogP contribution in [-0.4, -0.2) is 30.8 Å². The molecule has 1 atom stereocenters. The summed E-state index contributed by atoms with van der Waals surface area (Å²) in [5, 5.41) is 0. The number of likely N-dealkylation sites (tertiary alicyclic amines) is 1. The molecule has 0 aromatic carbocycles. The molecule has 1 heterocycles. The van der Waals surface area contributed by atoms with Gasteiger partial charge in [-0.15, -0.1) is 0 Å². The van der Waals surface area contributed by atoms with Crippen LogP contribution < -0.4 is 0 Å². The molecule has 1 saturated carbocycles. The van der Waals surface area contributed by atoms with E-state index in [4.69, 9.17) is 0 Å². The monoisotopic (exact) mass is 209 g/mol. The summed E-state index contributed by atoms with van der Waals surface area (Å²) in [6.07, 6.45) is 8.69. The van der Waals surface area contributed by atoms with E-state index in [1.165, 1.54) is 45.1 Å². The lowest BCUT2D eigenvalue weighted by Gasteiger charge is -2.36. The fourth-order valence-electron chi connectivity index (χ4n) is 3.27. The summed E-state index contributed by atoms with van der Waals surface area (Å²) in [4.78, 5) is 13.8. The molecule has 0 amide bonds. The van der Waals surface area contributed by atoms with Gasteiger partial charge in [0.15, 0.2) is 0 Å². The van der Waals surface area contributed by atoms with Gasteiger partial charge in [0.2, 0.25) is 0 Å². The lowest BCUT2D eigenvalue weighted by molar-refractivity contribution is -0.117. The van der Waals surface area contributed by atoms with Gasteiger partial charge >= 0.3 is 0 Å². The zero-order valence-electron chi connectivity index (χ0n) is 9.87. The molecule has 1 aliphatic heterocycles. The highest BCUT2D eigenvalue weighted by atomic mass is 16.1. The lowest BCUT2D eigenvalue weighted by atomic mass is 9.86. The zero-order valence-corrected chi connectivity index (χ0v) is 9.87. The molecule has 1 unspecified atom stereocenters. The summed E-state index contributed by atoms with van der Waals surface area (Å²) >= 11 is 0. The number of aldehydes is 1. The topological polar surface area (TPSA) is 20.3 Å². The zero-order chi connectivity index (χ0) is 10.7. The van der Waals surface area contributed by atoms with Gasteiger partial charge in [-0.2, -0.15) is 0 Å². The van der Waals surface area contributed by atoms with Crippen molar-refractivity contribution in [2.24, 2.45) is 11.3 Å². The number of carbonyl (C=O) groups excluding carboxylic acids is 1. The number of hydrogen-bond donors (Lipinski definition) is 0. The molecule has 15 heavy (non-hydrogen) atoms. The molecule has 0 aromatic rings. The first kappa shape index (κ1) is 11.1. The predicted octanol–water partition coefficient (Wildman–Crippen LogP) is 2.48. The van der Waals surface area contributed by atoms with E-state index in [9.17, 15) is 4.79 Å². The van der Waals surface area contributed by atoms with Crippen LogP contribution in [0.3, 0.4) is 0 Å². The second kappa shape index (κ2) is 4.65. The van der Waals surface area contributed by atoms with Crippen LogP contribution in [0.2, 0.25) is 0 Å². The van der Waals surface area contributed by atoms with Crippen molar-refractivity contribution in [1.29, 1.82) is 0 Å². The summed E-state index contributed by atoms with van der Waals surface area (Å²) in [7, 11) is 0. The number of rotatable bonds is 3. The average Bonchev–Trinajstić information content (AvgIpc) is 2.67. The Morgan fingerprint density at radius 3 is 2.67 bits per heavy atom. The number of piperidine rings is 1. The minimum absolute atomic E-state index is 0.0249.